The summed E-state index contributed by atoms with van der Waals surface area (Å²) >= 11 is 0. The maximum Gasteiger partial charge on any atom is 0.227 e. The minimum atomic E-state index is -0.0798. The van der Waals surface area contributed by atoms with E-state index < -0.39 is 0 Å². The van der Waals surface area contributed by atoms with Crippen LogP contribution < -0.4 is 11.1 Å². The van der Waals surface area contributed by atoms with Gasteiger partial charge in [-0.1, -0.05) is 13.8 Å². The van der Waals surface area contributed by atoms with Gasteiger partial charge in [-0.25, -0.2) is 0 Å². The van der Waals surface area contributed by atoms with E-state index in [1.54, 1.807) is 18.2 Å². The highest BCUT2D eigenvalue weighted by atomic mass is 16.1. The van der Waals surface area contributed by atoms with Crippen LogP contribution in [0.3, 0.4) is 0 Å². The number of nitrogen functional groups attached to an aromatic ring is 1. The summed E-state index contributed by atoms with van der Waals surface area (Å²) in [6.07, 6.45) is 0.767. The van der Waals surface area contributed by atoms with E-state index in [9.17, 15) is 4.79 Å². The molecule has 1 rings (SSSR count). The molecule has 16 heavy (non-hydrogen) atoms. The standard InChI is InChI=1S/C12H15N3O/c1-3-8(2)12(16)15-11-5-4-10(14)6-9(11)7-13/h4-6,8H,3,14H2,1-2H3,(H,15,16). The van der Waals surface area contributed by atoms with Gasteiger partial charge in [0.25, 0.3) is 0 Å². The molecule has 0 fully saturated rings. The molecule has 1 atom stereocenters. The molecule has 4 heteroatoms. The van der Waals surface area contributed by atoms with Crippen molar-refractivity contribution in [3.63, 3.8) is 0 Å². The van der Waals surface area contributed by atoms with Crippen molar-refractivity contribution in [1.82, 2.24) is 0 Å². The van der Waals surface area contributed by atoms with Gasteiger partial charge in [0.15, 0.2) is 0 Å². The molecule has 0 radical (unpaired) electrons. The van der Waals surface area contributed by atoms with Gasteiger partial charge in [0.1, 0.15) is 6.07 Å². The maximum absolute atomic E-state index is 11.6. The monoisotopic (exact) mass is 217 g/mol. The molecule has 0 spiro atoms. The first-order valence-corrected chi connectivity index (χ1v) is 5.19. The zero-order valence-corrected chi connectivity index (χ0v) is 9.45. The van der Waals surface area contributed by atoms with Crippen LogP contribution in [0, 0.1) is 17.2 Å². The van der Waals surface area contributed by atoms with Gasteiger partial charge in [-0.15, -0.1) is 0 Å². The normalized spacial score (nSPS) is 11.6. The number of rotatable bonds is 3. The number of hydrogen-bond donors (Lipinski definition) is 2. The van der Waals surface area contributed by atoms with Crippen molar-refractivity contribution in [3.8, 4) is 6.07 Å². The van der Waals surface area contributed by atoms with Crippen molar-refractivity contribution < 1.29 is 4.79 Å². The van der Waals surface area contributed by atoms with Crippen LogP contribution in [0.25, 0.3) is 0 Å². The van der Waals surface area contributed by atoms with Crippen molar-refractivity contribution in [2.24, 2.45) is 5.92 Å². The Morgan fingerprint density at radius 3 is 2.88 bits per heavy atom. The molecule has 1 aromatic rings. The van der Waals surface area contributed by atoms with Crippen molar-refractivity contribution in [2.75, 3.05) is 11.1 Å². The Kier molecular flexibility index (Phi) is 3.90. The predicted molar refractivity (Wildman–Crippen MR) is 63.7 cm³/mol. The first-order chi connectivity index (χ1) is 7.58. The van der Waals surface area contributed by atoms with Crippen LogP contribution in [0.15, 0.2) is 18.2 Å². The van der Waals surface area contributed by atoms with E-state index in [0.717, 1.165) is 6.42 Å². The zero-order valence-electron chi connectivity index (χ0n) is 9.45. The van der Waals surface area contributed by atoms with Crippen LogP contribution in [0.2, 0.25) is 0 Å². The zero-order chi connectivity index (χ0) is 12.1. The van der Waals surface area contributed by atoms with Gasteiger partial charge >= 0.3 is 0 Å². The van der Waals surface area contributed by atoms with E-state index in [1.165, 1.54) is 0 Å². The Labute approximate surface area is 95.1 Å². The van der Waals surface area contributed by atoms with Crippen LogP contribution in [0.4, 0.5) is 11.4 Å². The van der Waals surface area contributed by atoms with Crippen molar-refractivity contribution in [3.05, 3.63) is 23.8 Å². The average Bonchev–Trinajstić information content (AvgIpc) is 2.30. The molecule has 0 aliphatic heterocycles. The summed E-state index contributed by atoms with van der Waals surface area (Å²) in [7, 11) is 0. The highest BCUT2D eigenvalue weighted by Gasteiger charge is 2.12. The van der Waals surface area contributed by atoms with Gasteiger partial charge in [-0.05, 0) is 24.6 Å². The van der Waals surface area contributed by atoms with Crippen LogP contribution in [-0.2, 0) is 4.79 Å². The molecular formula is C12H15N3O. The van der Waals surface area contributed by atoms with Crippen molar-refractivity contribution in [2.45, 2.75) is 20.3 Å². The molecule has 1 amide bonds. The summed E-state index contributed by atoms with van der Waals surface area (Å²) in [4.78, 5) is 11.6. The van der Waals surface area contributed by atoms with Crippen LogP contribution in [0.5, 0.6) is 0 Å². The summed E-state index contributed by atoms with van der Waals surface area (Å²) in [5, 5.41) is 11.6. The van der Waals surface area contributed by atoms with E-state index in [-0.39, 0.29) is 11.8 Å². The van der Waals surface area contributed by atoms with Gasteiger partial charge in [-0.2, -0.15) is 5.26 Å². The SMILES string of the molecule is CCC(C)C(=O)Nc1ccc(N)cc1C#N. The fourth-order valence-electron chi connectivity index (χ4n) is 1.20. The second-order valence-electron chi connectivity index (χ2n) is 3.72. The topological polar surface area (TPSA) is 78.9 Å². The number of benzene rings is 1. The van der Waals surface area contributed by atoms with Gasteiger partial charge in [0.05, 0.1) is 11.3 Å². The molecule has 84 valence electrons. The summed E-state index contributed by atoms with van der Waals surface area (Å²) < 4.78 is 0. The molecule has 0 saturated heterocycles. The maximum atomic E-state index is 11.6. The second kappa shape index (κ2) is 5.17. The Morgan fingerprint density at radius 1 is 1.62 bits per heavy atom. The van der Waals surface area contributed by atoms with Gasteiger partial charge in [0.2, 0.25) is 5.91 Å². The lowest BCUT2D eigenvalue weighted by molar-refractivity contribution is -0.119. The summed E-state index contributed by atoms with van der Waals surface area (Å²) in [6, 6.07) is 6.86. The minimum absolute atomic E-state index is 0.0657. The third kappa shape index (κ3) is 2.74. The summed E-state index contributed by atoms with van der Waals surface area (Å²) in [5.74, 6) is -0.145. The lowest BCUT2D eigenvalue weighted by Crippen LogP contribution is -2.20. The summed E-state index contributed by atoms with van der Waals surface area (Å²) in [6.45, 7) is 3.79. The molecule has 3 N–H and O–H groups in total. The van der Waals surface area contributed by atoms with E-state index in [0.29, 0.717) is 16.9 Å². The third-order valence-electron chi connectivity index (χ3n) is 2.48. The Hall–Kier alpha value is -2.02. The average molecular weight is 217 g/mol. The highest BCUT2D eigenvalue weighted by molar-refractivity contribution is 5.93. The highest BCUT2D eigenvalue weighted by Crippen LogP contribution is 2.19. The predicted octanol–water partition coefficient (Wildman–Crippen LogP) is 2.13. The number of anilines is 2. The van der Waals surface area contributed by atoms with Gasteiger partial charge in [0, 0.05) is 11.6 Å². The molecular weight excluding hydrogens is 202 g/mol. The molecule has 1 unspecified atom stereocenters. The van der Waals surface area contributed by atoms with E-state index in [2.05, 4.69) is 5.32 Å². The third-order valence-corrected chi connectivity index (χ3v) is 2.48. The summed E-state index contributed by atoms with van der Waals surface area (Å²) in [5.41, 5.74) is 6.97. The van der Waals surface area contributed by atoms with E-state index in [4.69, 9.17) is 11.0 Å². The fourth-order valence-corrected chi connectivity index (χ4v) is 1.20. The van der Waals surface area contributed by atoms with Crippen LogP contribution in [-0.4, -0.2) is 5.91 Å². The minimum Gasteiger partial charge on any atom is -0.399 e. The number of hydrogen-bond acceptors (Lipinski definition) is 3. The van der Waals surface area contributed by atoms with Crippen molar-refractivity contribution >= 4 is 17.3 Å². The molecule has 0 bridgehead atoms. The number of nitrogens with one attached hydrogen (secondary N) is 1. The lowest BCUT2D eigenvalue weighted by atomic mass is 10.1. The molecule has 0 aromatic heterocycles. The second-order valence-corrected chi connectivity index (χ2v) is 3.72. The molecule has 0 saturated carbocycles. The van der Waals surface area contributed by atoms with Crippen molar-refractivity contribution in [1.29, 1.82) is 5.26 Å². The number of carbonyl (C=O) groups excluding carboxylic acids is 1. The largest absolute Gasteiger partial charge is 0.399 e. The number of carbonyl (C=O) groups is 1. The van der Waals surface area contributed by atoms with Crippen LogP contribution in [0.1, 0.15) is 25.8 Å². The number of amides is 1. The van der Waals surface area contributed by atoms with Gasteiger partial charge < -0.3 is 11.1 Å². The Morgan fingerprint density at radius 2 is 2.31 bits per heavy atom. The number of nitrogens with two attached hydrogens (primary N) is 1. The molecule has 4 nitrogen and oxygen atoms in total. The molecule has 0 aliphatic rings. The smallest absolute Gasteiger partial charge is 0.227 e. The Balaban J connectivity index is 2.90. The lowest BCUT2D eigenvalue weighted by Gasteiger charge is -2.11. The first kappa shape index (κ1) is 12.1. The fraction of sp³-hybridized carbons (Fsp3) is 0.333. The molecule has 0 aliphatic carbocycles. The van der Waals surface area contributed by atoms with E-state index >= 15 is 0 Å². The van der Waals surface area contributed by atoms with Crippen LogP contribution >= 0.6 is 0 Å². The molecule has 1 aromatic carbocycles. The molecule has 0 heterocycles. The number of nitriles is 1. The quantitative estimate of drug-likeness (QED) is 0.761. The Bertz CT molecular complexity index is 434. The van der Waals surface area contributed by atoms with E-state index in [1.807, 2.05) is 19.9 Å². The van der Waals surface area contributed by atoms with Gasteiger partial charge in [-0.3, -0.25) is 4.79 Å². The number of nitrogens with zero attached hydrogens (tertiary/aromatic N) is 1. The first-order valence-electron chi connectivity index (χ1n) is 5.19.